The molecule has 8 heteroatoms. The van der Waals surface area contributed by atoms with Crippen molar-refractivity contribution in [2.75, 3.05) is 0 Å². The molecule has 0 saturated heterocycles. The summed E-state index contributed by atoms with van der Waals surface area (Å²) in [6.07, 6.45) is 2.76. The average Bonchev–Trinajstić information content (AvgIpc) is 3.11. The summed E-state index contributed by atoms with van der Waals surface area (Å²) in [7, 11) is 0. The zero-order valence-corrected chi connectivity index (χ0v) is 16.3. The highest BCUT2D eigenvalue weighted by Gasteiger charge is 2.26. The zero-order chi connectivity index (χ0) is 20.0. The van der Waals surface area contributed by atoms with Gasteiger partial charge in [0.05, 0.1) is 11.8 Å². The first kappa shape index (κ1) is 20.4. The van der Waals surface area contributed by atoms with Crippen molar-refractivity contribution in [2.24, 2.45) is 5.92 Å². The molecule has 0 saturated carbocycles. The number of hydrogen-bond donors (Lipinski definition) is 3. The number of carboxylic acids is 1. The monoisotopic (exact) mass is 434 g/mol. The number of halogens is 1. The quantitative estimate of drug-likeness (QED) is 0.580. The molecule has 0 spiro atoms. The molecule has 3 N–H and O–H groups in total. The Balaban J connectivity index is 2.29. The van der Waals surface area contributed by atoms with Crippen LogP contribution >= 0.6 is 15.9 Å². The number of furan rings is 1. The second-order valence-electron chi connectivity index (χ2n) is 6.04. The van der Waals surface area contributed by atoms with Crippen molar-refractivity contribution >= 4 is 39.8 Å². The molecule has 1 atom stereocenters. The molecule has 1 unspecified atom stereocenters. The minimum atomic E-state index is -1.16. The molecule has 0 aliphatic heterocycles. The molecule has 1 aromatic heterocycles. The SMILES string of the molecule is CC(C)C(NC(=O)C(=Cc1ccco1)NC(=O)c1ccccc1Br)C(=O)O. The molecule has 2 amide bonds. The van der Waals surface area contributed by atoms with E-state index >= 15 is 0 Å². The summed E-state index contributed by atoms with van der Waals surface area (Å²) in [6, 6.07) is 8.88. The van der Waals surface area contributed by atoms with E-state index in [9.17, 15) is 19.5 Å². The Hall–Kier alpha value is -2.87. The molecule has 2 aromatic rings. The molecule has 27 heavy (non-hydrogen) atoms. The fraction of sp³-hybridized carbons (Fsp3) is 0.211. The van der Waals surface area contributed by atoms with Crippen molar-refractivity contribution in [3.63, 3.8) is 0 Å². The molecule has 0 bridgehead atoms. The molecule has 142 valence electrons. The Morgan fingerprint density at radius 2 is 1.85 bits per heavy atom. The summed E-state index contributed by atoms with van der Waals surface area (Å²) in [4.78, 5) is 36.5. The van der Waals surface area contributed by atoms with Crippen molar-refractivity contribution in [2.45, 2.75) is 19.9 Å². The van der Waals surface area contributed by atoms with Crippen LogP contribution in [0.25, 0.3) is 6.08 Å². The Labute approximate surface area is 164 Å². The van der Waals surface area contributed by atoms with Gasteiger partial charge in [0.15, 0.2) is 0 Å². The maximum Gasteiger partial charge on any atom is 0.326 e. The first-order valence-electron chi connectivity index (χ1n) is 8.14. The van der Waals surface area contributed by atoms with Gasteiger partial charge in [-0.05, 0) is 46.1 Å². The van der Waals surface area contributed by atoms with Gasteiger partial charge in [0, 0.05) is 10.5 Å². The molecule has 1 aromatic carbocycles. The van der Waals surface area contributed by atoms with Crippen molar-refractivity contribution in [3.8, 4) is 0 Å². The normalized spacial score (nSPS) is 12.5. The third-order valence-corrected chi connectivity index (χ3v) is 4.35. The highest BCUT2D eigenvalue weighted by atomic mass is 79.9. The van der Waals surface area contributed by atoms with Crippen LogP contribution in [0.4, 0.5) is 0 Å². The summed E-state index contributed by atoms with van der Waals surface area (Å²) in [5.41, 5.74) is 0.201. The number of nitrogens with one attached hydrogen (secondary N) is 2. The van der Waals surface area contributed by atoms with Gasteiger partial charge in [-0.25, -0.2) is 4.79 Å². The Morgan fingerprint density at radius 3 is 2.41 bits per heavy atom. The van der Waals surface area contributed by atoms with Gasteiger partial charge >= 0.3 is 5.97 Å². The molecule has 1 heterocycles. The van der Waals surface area contributed by atoms with Crippen molar-refractivity contribution in [1.82, 2.24) is 10.6 Å². The summed E-state index contributed by atoms with van der Waals surface area (Å²) < 4.78 is 5.75. The standard InChI is InChI=1S/C19H19BrN2O5/c1-11(2)16(19(25)26)22-18(24)15(10-12-6-5-9-27-12)21-17(23)13-7-3-4-8-14(13)20/h3-11,16H,1-2H3,(H,21,23)(H,22,24)(H,25,26). The number of carbonyl (C=O) groups excluding carboxylic acids is 2. The van der Waals surface area contributed by atoms with Crippen LogP contribution in [-0.4, -0.2) is 28.9 Å². The highest BCUT2D eigenvalue weighted by molar-refractivity contribution is 9.10. The van der Waals surface area contributed by atoms with Crippen LogP contribution in [0, 0.1) is 5.92 Å². The number of carboxylic acid groups (broad SMARTS) is 1. The van der Waals surface area contributed by atoms with Gasteiger partial charge < -0.3 is 20.2 Å². The maximum absolute atomic E-state index is 12.6. The van der Waals surface area contributed by atoms with E-state index in [1.165, 1.54) is 12.3 Å². The molecule has 2 rings (SSSR count). The van der Waals surface area contributed by atoms with Crippen LogP contribution < -0.4 is 10.6 Å². The van der Waals surface area contributed by atoms with Crippen molar-refractivity contribution < 1.29 is 23.9 Å². The fourth-order valence-corrected chi connectivity index (χ4v) is 2.71. The van der Waals surface area contributed by atoms with Gasteiger partial charge in [0.1, 0.15) is 17.5 Å². The van der Waals surface area contributed by atoms with Gasteiger partial charge in [0.2, 0.25) is 0 Å². The minimum absolute atomic E-state index is 0.127. The van der Waals surface area contributed by atoms with Crippen LogP contribution in [0.5, 0.6) is 0 Å². The topological polar surface area (TPSA) is 109 Å². The zero-order valence-electron chi connectivity index (χ0n) is 14.7. The highest BCUT2D eigenvalue weighted by Crippen LogP contribution is 2.16. The van der Waals surface area contributed by atoms with E-state index < -0.39 is 23.8 Å². The number of aliphatic carboxylic acids is 1. The second kappa shape index (κ2) is 9.18. The number of amides is 2. The molecule has 7 nitrogen and oxygen atoms in total. The van der Waals surface area contributed by atoms with E-state index in [-0.39, 0.29) is 11.6 Å². The van der Waals surface area contributed by atoms with E-state index in [0.717, 1.165) is 0 Å². The van der Waals surface area contributed by atoms with Gasteiger partial charge in [-0.2, -0.15) is 0 Å². The average molecular weight is 435 g/mol. The van der Waals surface area contributed by atoms with Gasteiger partial charge in [-0.1, -0.05) is 26.0 Å². The van der Waals surface area contributed by atoms with E-state index in [2.05, 4.69) is 26.6 Å². The lowest BCUT2D eigenvalue weighted by Gasteiger charge is -2.19. The predicted octanol–water partition coefficient (Wildman–Crippen LogP) is 3.04. The third kappa shape index (κ3) is 5.55. The van der Waals surface area contributed by atoms with Gasteiger partial charge in [0.25, 0.3) is 11.8 Å². The Morgan fingerprint density at radius 1 is 1.15 bits per heavy atom. The smallest absolute Gasteiger partial charge is 0.326 e. The maximum atomic E-state index is 12.6. The summed E-state index contributed by atoms with van der Waals surface area (Å²) >= 11 is 3.29. The first-order chi connectivity index (χ1) is 12.8. The molecule has 0 fully saturated rings. The van der Waals surface area contributed by atoms with Crippen LogP contribution in [0.3, 0.4) is 0 Å². The number of rotatable bonds is 7. The van der Waals surface area contributed by atoms with Crippen molar-refractivity contribution in [3.05, 3.63) is 64.2 Å². The summed E-state index contributed by atoms with van der Waals surface area (Å²) in [6.45, 7) is 3.35. The second-order valence-corrected chi connectivity index (χ2v) is 6.90. The largest absolute Gasteiger partial charge is 0.480 e. The Kier molecular flexibility index (Phi) is 6.95. The third-order valence-electron chi connectivity index (χ3n) is 3.66. The minimum Gasteiger partial charge on any atom is -0.480 e. The van der Waals surface area contributed by atoms with Crippen LogP contribution in [0.15, 0.2) is 57.2 Å². The lowest BCUT2D eigenvalue weighted by molar-refractivity contribution is -0.142. The molecule has 0 aliphatic rings. The number of carbonyl (C=O) groups is 3. The molecular weight excluding hydrogens is 416 g/mol. The lowest BCUT2D eigenvalue weighted by Crippen LogP contribution is -2.47. The Bertz CT molecular complexity index is 859. The summed E-state index contributed by atoms with van der Waals surface area (Å²) in [5, 5.41) is 14.2. The van der Waals surface area contributed by atoms with E-state index in [0.29, 0.717) is 15.8 Å². The number of benzene rings is 1. The van der Waals surface area contributed by atoms with E-state index in [1.54, 1.807) is 50.2 Å². The fourth-order valence-electron chi connectivity index (χ4n) is 2.24. The lowest BCUT2D eigenvalue weighted by atomic mass is 10.0. The summed E-state index contributed by atoms with van der Waals surface area (Å²) in [5.74, 6) is -2.41. The number of hydrogen-bond acceptors (Lipinski definition) is 4. The van der Waals surface area contributed by atoms with Crippen LogP contribution in [0.2, 0.25) is 0 Å². The molecular formula is C19H19BrN2O5. The predicted molar refractivity (Wildman–Crippen MR) is 103 cm³/mol. The van der Waals surface area contributed by atoms with E-state index in [1.807, 2.05) is 0 Å². The van der Waals surface area contributed by atoms with E-state index in [4.69, 9.17) is 4.42 Å². The van der Waals surface area contributed by atoms with Gasteiger partial charge in [-0.3, -0.25) is 9.59 Å². The van der Waals surface area contributed by atoms with Crippen LogP contribution in [0.1, 0.15) is 30.0 Å². The van der Waals surface area contributed by atoms with Crippen LogP contribution in [-0.2, 0) is 9.59 Å². The molecule has 0 radical (unpaired) electrons. The first-order valence-corrected chi connectivity index (χ1v) is 8.93. The van der Waals surface area contributed by atoms with Gasteiger partial charge in [-0.15, -0.1) is 0 Å². The molecule has 0 aliphatic carbocycles. The van der Waals surface area contributed by atoms with Crippen molar-refractivity contribution in [1.29, 1.82) is 0 Å².